The van der Waals surface area contributed by atoms with E-state index in [2.05, 4.69) is 38.2 Å². The SMILES string of the molecule is CC(=O)NC1CC1.CCC1CC[C@@H]2CC(C(=O)NC(C=O)C1)N(C(=O)[C@@H](NC(=O)C(NC(=O)c1cnccn1)C(C)C)C(C)(C)C)C2. The highest BCUT2D eigenvalue weighted by Crippen LogP contribution is 2.33. The summed E-state index contributed by atoms with van der Waals surface area (Å²) in [5, 5.41) is 11.2. The lowest BCUT2D eigenvalue weighted by atomic mass is 9.85. The van der Waals surface area contributed by atoms with Crippen LogP contribution in [0.3, 0.4) is 0 Å². The molecule has 2 saturated heterocycles. The van der Waals surface area contributed by atoms with Gasteiger partial charge in [-0.2, -0.15) is 0 Å². The fourth-order valence-electron chi connectivity index (χ4n) is 6.10. The molecular weight excluding hydrogens is 602 g/mol. The van der Waals surface area contributed by atoms with E-state index in [9.17, 15) is 28.8 Å². The highest BCUT2D eigenvalue weighted by Gasteiger charge is 2.46. The van der Waals surface area contributed by atoms with Gasteiger partial charge in [-0.15, -0.1) is 0 Å². The Morgan fingerprint density at radius 3 is 2.28 bits per heavy atom. The number of nitrogens with zero attached hydrogens (tertiary/aromatic N) is 3. The van der Waals surface area contributed by atoms with Crippen LogP contribution in [0.4, 0.5) is 0 Å². The quantitative estimate of drug-likeness (QED) is 0.292. The average Bonchev–Trinajstić information content (AvgIpc) is 3.73. The zero-order valence-electron chi connectivity index (χ0n) is 28.9. The van der Waals surface area contributed by atoms with Gasteiger partial charge in [-0.05, 0) is 55.3 Å². The third-order valence-electron chi connectivity index (χ3n) is 9.03. The number of rotatable bonds is 9. The third kappa shape index (κ3) is 11.1. The summed E-state index contributed by atoms with van der Waals surface area (Å²) in [6.45, 7) is 13.2. The fraction of sp³-hybridized carbons (Fsp3) is 0.706. The van der Waals surface area contributed by atoms with Crippen molar-refractivity contribution >= 4 is 35.8 Å². The van der Waals surface area contributed by atoms with Gasteiger partial charge in [0.1, 0.15) is 30.1 Å². The molecule has 1 aromatic heterocycles. The lowest BCUT2D eigenvalue weighted by molar-refractivity contribution is -0.144. The minimum atomic E-state index is -0.945. The van der Waals surface area contributed by atoms with Crippen molar-refractivity contribution in [1.82, 2.24) is 36.1 Å². The van der Waals surface area contributed by atoms with Crippen LogP contribution in [0.2, 0.25) is 0 Å². The van der Waals surface area contributed by atoms with Crippen LogP contribution in [-0.4, -0.2) is 87.4 Å². The first-order chi connectivity index (χ1) is 22.1. The first-order valence-corrected chi connectivity index (χ1v) is 16.8. The lowest BCUT2D eigenvalue weighted by Crippen LogP contribution is -2.61. The molecule has 0 spiro atoms. The Morgan fingerprint density at radius 2 is 1.77 bits per heavy atom. The van der Waals surface area contributed by atoms with Crippen LogP contribution in [0.5, 0.6) is 0 Å². The molecule has 3 heterocycles. The van der Waals surface area contributed by atoms with E-state index in [1.165, 1.54) is 31.4 Å². The van der Waals surface area contributed by atoms with Gasteiger partial charge >= 0.3 is 0 Å². The Morgan fingerprint density at radius 1 is 1.06 bits per heavy atom. The van der Waals surface area contributed by atoms with E-state index in [4.69, 9.17) is 0 Å². The third-order valence-corrected chi connectivity index (χ3v) is 9.03. The molecule has 2 aliphatic heterocycles. The monoisotopic (exact) mass is 655 g/mol. The van der Waals surface area contributed by atoms with Crippen LogP contribution in [0.1, 0.15) is 104 Å². The standard InChI is InChI=1S/C29H44N6O5.C5H9NO/c1-7-18-8-9-19-13-22(26(38)32-20(12-18)16-36)35(15-19)28(40)24(29(4,5)6)34-27(39)23(17(2)3)33-25(37)21-14-30-10-11-31-21;1-4(7)6-5-2-3-5/h10-11,14,16-20,22-24H,7-9,12-13,15H2,1-6H3,(H,32,38)(H,33,37)(H,34,39);5H,2-3H2,1H3,(H,6,7)/t18?,19-,20?,22?,23?,24-;/m1./s1. The van der Waals surface area contributed by atoms with E-state index in [0.29, 0.717) is 31.3 Å². The van der Waals surface area contributed by atoms with Gasteiger partial charge in [0.15, 0.2) is 0 Å². The number of likely N-dealkylation sites (tertiary alicyclic amines) is 1. The molecule has 3 fully saturated rings. The van der Waals surface area contributed by atoms with Crippen molar-refractivity contribution in [1.29, 1.82) is 0 Å². The minimum Gasteiger partial charge on any atom is -0.354 e. The molecule has 47 heavy (non-hydrogen) atoms. The Labute approximate surface area is 278 Å². The van der Waals surface area contributed by atoms with Crippen LogP contribution in [0.25, 0.3) is 0 Å². The van der Waals surface area contributed by atoms with Gasteiger partial charge in [-0.25, -0.2) is 4.98 Å². The van der Waals surface area contributed by atoms with E-state index in [1.54, 1.807) is 25.7 Å². The number of aromatic nitrogens is 2. The maximum Gasteiger partial charge on any atom is 0.272 e. The van der Waals surface area contributed by atoms with Crippen molar-refractivity contribution in [2.75, 3.05) is 6.54 Å². The first kappa shape index (κ1) is 37.6. The number of hydrogen-bond donors (Lipinski definition) is 4. The van der Waals surface area contributed by atoms with Crippen molar-refractivity contribution in [2.24, 2.45) is 23.2 Å². The summed E-state index contributed by atoms with van der Waals surface area (Å²) in [4.78, 5) is 85.0. The smallest absolute Gasteiger partial charge is 0.272 e. The van der Waals surface area contributed by atoms with Gasteiger partial charge < -0.3 is 31.0 Å². The Kier molecular flexibility index (Phi) is 13.4. The topological polar surface area (TPSA) is 180 Å². The maximum atomic E-state index is 14.1. The van der Waals surface area contributed by atoms with Crippen molar-refractivity contribution in [2.45, 2.75) is 124 Å². The maximum absolute atomic E-state index is 14.1. The molecule has 5 amide bonds. The molecule has 1 aromatic rings. The number of carbonyl (C=O) groups excluding carboxylic acids is 6. The lowest BCUT2D eigenvalue weighted by Gasteiger charge is -2.36. The van der Waals surface area contributed by atoms with E-state index in [-0.39, 0.29) is 35.3 Å². The molecule has 4 unspecified atom stereocenters. The summed E-state index contributed by atoms with van der Waals surface area (Å²) in [5.74, 6) is -1.42. The fourth-order valence-corrected chi connectivity index (χ4v) is 6.10. The molecule has 1 saturated carbocycles. The molecule has 13 nitrogen and oxygen atoms in total. The number of amides is 5. The number of hydrogen-bond acceptors (Lipinski definition) is 8. The van der Waals surface area contributed by atoms with Crippen LogP contribution < -0.4 is 21.3 Å². The zero-order valence-corrected chi connectivity index (χ0v) is 28.9. The summed E-state index contributed by atoms with van der Waals surface area (Å²) in [6, 6.07) is -2.64. The van der Waals surface area contributed by atoms with Gasteiger partial charge in [-0.1, -0.05) is 54.4 Å². The van der Waals surface area contributed by atoms with Crippen molar-refractivity contribution in [3.8, 4) is 0 Å². The molecule has 0 radical (unpaired) electrons. The summed E-state index contributed by atoms with van der Waals surface area (Å²) < 4.78 is 0. The predicted molar refractivity (Wildman–Crippen MR) is 176 cm³/mol. The van der Waals surface area contributed by atoms with Gasteiger partial charge in [0.2, 0.25) is 23.6 Å². The van der Waals surface area contributed by atoms with E-state index in [0.717, 1.165) is 25.5 Å². The van der Waals surface area contributed by atoms with Gasteiger partial charge in [0, 0.05) is 31.9 Å². The second-order valence-corrected chi connectivity index (χ2v) is 14.5. The van der Waals surface area contributed by atoms with Gasteiger partial charge in [-0.3, -0.25) is 29.0 Å². The molecule has 0 aromatic carbocycles. The first-order valence-electron chi connectivity index (χ1n) is 16.8. The van der Waals surface area contributed by atoms with Crippen molar-refractivity contribution in [3.63, 3.8) is 0 Å². The molecule has 4 rings (SSSR count). The summed E-state index contributed by atoms with van der Waals surface area (Å²) in [6.07, 6.45) is 11.1. The minimum absolute atomic E-state index is 0.0812. The number of nitrogens with one attached hydrogen (secondary N) is 4. The highest BCUT2D eigenvalue weighted by atomic mass is 16.2. The van der Waals surface area contributed by atoms with Crippen LogP contribution in [0.15, 0.2) is 18.6 Å². The number of carbonyl (C=O) groups is 6. The second-order valence-electron chi connectivity index (χ2n) is 14.5. The Balaban J connectivity index is 0.000000756. The molecule has 13 heteroatoms. The molecule has 1 aliphatic carbocycles. The molecule has 3 aliphatic rings. The normalized spacial score (nSPS) is 24.1. The van der Waals surface area contributed by atoms with Crippen molar-refractivity contribution < 1.29 is 28.8 Å². The Hall–Kier alpha value is -3.90. The van der Waals surface area contributed by atoms with Crippen LogP contribution >= 0.6 is 0 Å². The van der Waals surface area contributed by atoms with Gasteiger partial charge in [0.25, 0.3) is 5.91 Å². The van der Waals surface area contributed by atoms with Crippen LogP contribution in [0, 0.1) is 23.2 Å². The number of fused-ring (bicyclic) bond motifs is 2. The van der Waals surface area contributed by atoms with Gasteiger partial charge in [0.05, 0.1) is 12.2 Å². The molecule has 4 N–H and O–H groups in total. The molecular formula is C34H53N7O6. The molecule has 6 atom stereocenters. The Bertz CT molecular complexity index is 1260. The van der Waals surface area contributed by atoms with E-state index in [1.807, 2.05) is 20.8 Å². The summed E-state index contributed by atoms with van der Waals surface area (Å²) in [7, 11) is 0. The highest BCUT2D eigenvalue weighted by molar-refractivity contribution is 5.98. The molecule has 2 bridgehead atoms. The summed E-state index contributed by atoms with van der Waals surface area (Å²) >= 11 is 0. The number of aldehydes is 1. The van der Waals surface area contributed by atoms with Crippen LogP contribution in [-0.2, 0) is 24.0 Å². The predicted octanol–water partition coefficient (Wildman–Crippen LogP) is 2.16. The largest absolute Gasteiger partial charge is 0.354 e. The average molecular weight is 656 g/mol. The summed E-state index contributed by atoms with van der Waals surface area (Å²) in [5.41, 5.74) is -0.604. The van der Waals surface area contributed by atoms with Crippen molar-refractivity contribution in [3.05, 3.63) is 24.3 Å². The zero-order chi connectivity index (χ0) is 34.9. The van der Waals surface area contributed by atoms with E-state index < -0.39 is 41.4 Å². The second kappa shape index (κ2) is 16.8. The molecule has 260 valence electrons. The van der Waals surface area contributed by atoms with E-state index >= 15 is 0 Å².